The highest BCUT2D eigenvalue weighted by Gasteiger charge is 2.25. The first-order valence-electron chi connectivity index (χ1n) is 8.94. The highest BCUT2D eigenvalue weighted by atomic mass is 16.2. The van der Waals surface area contributed by atoms with Crippen LogP contribution in [0.3, 0.4) is 0 Å². The topological polar surface area (TPSA) is 70.5 Å². The van der Waals surface area contributed by atoms with Gasteiger partial charge in [0, 0.05) is 37.6 Å². The maximum absolute atomic E-state index is 12.4. The van der Waals surface area contributed by atoms with Gasteiger partial charge in [-0.15, -0.1) is 0 Å². The number of piperazine rings is 1. The molecule has 3 rings (SSSR count). The van der Waals surface area contributed by atoms with Gasteiger partial charge in [0.2, 0.25) is 0 Å². The van der Waals surface area contributed by atoms with Crippen molar-refractivity contribution in [1.82, 2.24) is 19.6 Å². The Morgan fingerprint density at radius 2 is 1.85 bits per heavy atom. The van der Waals surface area contributed by atoms with Gasteiger partial charge in [0.15, 0.2) is 0 Å². The maximum Gasteiger partial charge on any atom is 0.313 e. The van der Waals surface area contributed by atoms with E-state index in [-0.39, 0.29) is 0 Å². The molecule has 26 heavy (non-hydrogen) atoms. The summed E-state index contributed by atoms with van der Waals surface area (Å²) < 4.78 is 1.82. The number of carbonyl (C=O) groups excluding carboxylic acids is 2. The van der Waals surface area contributed by atoms with Gasteiger partial charge in [-0.2, -0.15) is 5.10 Å². The first-order valence-corrected chi connectivity index (χ1v) is 8.94. The summed E-state index contributed by atoms with van der Waals surface area (Å²) in [5.74, 6) is -1.07. The lowest BCUT2D eigenvalue weighted by atomic mass is 10.2. The van der Waals surface area contributed by atoms with Crippen molar-refractivity contribution in [2.75, 3.05) is 38.0 Å². The molecule has 1 aliphatic heterocycles. The van der Waals surface area contributed by atoms with Crippen LogP contribution in [-0.4, -0.2) is 64.1 Å². The molecule has 1 aromatic heterocycles. The molecule has 0 spiro atoms. The van der Waals surface area contributed by atoms with Crippen molar-refractivity contribution in [1.29, 1.82) is 0 Å². The minimum absolute atomic E-state index is 0.475. The number of nitrogens with zero attached hydrogens (tertiary/aromatic N) is 4. The summed E-state index contributed by atoms with van der Waals surface area (Å²) in [7, 11) is 0. The van der Waals surface area contributed by atoms with Gasteiger partial charge in [0.05, 0.1) is 11.4 Å². The molecule has 1 fully saturated rings. The normalized spacial score (nSPS) is 15.1. The van der Waals surface area contributed by atoms with E-state index < -0.39 is 11.8 Å². The van der Waals surface area contributed by atoms with E-state index in [1.165, 1.54) is 0 Å². The fraction of sp³-hybridized carbons (Fsp3) is 0.421. The predicted molar refractivity (Wildman–Crippen MR) is 100 cm³/mol. The van der Waals surface area contributed by atoms with Gasteiger partial charge in [0.1, 0.15) is 0 Å². The number of amides is 2. The van der Waals surface area contributed by atoms with Crippen LogP contribution in [0.15, 0.2) is 30.3 Å². The fourth-order valence-electron chi connectivity index (χ4n) is 3.20. The summed E-state index contributed by atoms with van der Waals surface area (Å²) in [6.07, 6.45) is 0. The van der Waals surface area contributed by atoms with Crippen LogP contribution < -0.4 is 5.32 Å². The second-order valence-electron chi connectivity index (χ2n) is 6.57. The number of anilines is 1. The maximum atomic E-state index is 12.4. The van der Waals surface area contributed by atoms with E-state index in [2.05, 4.69) is 22.2 Å². The number of hydrogen-bond acceptors (Lipinski definition) is 4. The second-order valence-corrected chi connectivity index (χ2v) is 6.57. The van der Waals surface area contributed by atoms with Crippen LogP contribution in [0.2, 0.25) is 0 Å². The first-order chi connectivity index (χ1) is 12.5. The van der Waals surface area contributed by atoms with Crippen molar-refractivity contribution in [3.8, 4) is 5.69 Å². The first kappa shape index (κ1) is 18.1. The van der Waals surface area contributed by atoms with E-state index in [1.54, 1.807) is 11.0 Å². The summed E-state index contributed by atoms with van der Waals surface area (Å²) >= 11 is 0. The molecule has 0 radical (unpaired) electrons. The summed E-state index contributed by atoms with van der Waals surface area (Å²) in [4.78, 5) is 28.6. The van der Waals surface area contributed by atoms with Crippen LogP contribution in [-0.2, 0) is 9.59 Å². The Labute approximate surface area is 153 Å². The lowest BCUT2D eigenvalue weighted by Gasteiger charge is -2.33. The van der Waals surface area contributed by atoms with Crippen molar-refractivity contribution in [2.24, 2.45) is 0 Å². The third-order valence-corrected chi connectivity index (χ3v) is 4.66. The van der Waals surface area contributed by atoms with E-state index in [4.69, 9.17) is 0 Å². The molecule has 1 N–H and O–H groups in total. The largest absolute Gasteiger partial charge is 0.332 e. The Morgan fingerprint density at radius 1 is 1.12 bits per heavy atom. The zero-order valence-corrected chi connectivity index (χ0v) is 15.5. The van der Waals surface area contributed by atoms with Gasteiger partial charge in [-0.25, -0.2) is 4.68 Å². The number of hydrogen-bond donors (Lipinski definition) is 1. The van der Waals surface area contributed by atoms with Gasteiger partial charge in [-0.1, -0.05) is 13.0 Å². The Morgan fingerprint density at radius 3 is 2.46 bits per heavy atom. The Kier molecular flexibility index (Phi) is 5.37. The molecular formula is C19H25N5O2. The molecule has 2 amide bonds. The highest BCUT2D eigenvalue weighted by molar-refractivity contribution is 6.39. The number of aromatic nitrogens is 2. The van der Waals surface area contributed by atoms with Crippen molar-refractivity contribution in [3.05, 3.63) is 41.7 Å². The van der Waals surface area contributed by atoms with E-state index in [0.717, 1.165) is 36.7 Å². The number of likely N-dealkylation sites (N-methyl/N-ethyl adjacent to an activating group) is 1. The third kappa shape index (κ3) is 3.94. The molecule has 0 unspecified atom stereocenters. The van der Waals surface area contributed by atoms with E-state index in [0.29, 0.717) is 18.8 Å². The van der Waals surface area contributed by atoms with Crippen molar-refractivity contribution < 1.29 is 9.59 Å². The SMILES string of the molecule is CCN1CCN(C(=O)C(=O)Nc2cccc(-n3nc(C)cc3C)c2)CC1. The fourth-order valence-corrected chi connectivity index (χ4v) is 3.20. The predicted octanol–water partition coefficient (Wildman–Crippen LogP) is 1.59. The van der Waals surface area contributed by atoms with E-state index in [1.807, 2.05) is 42.8 Å². The van der Waals surface area contributed by atoms with Crippen LogP contribution in [0.25, 0.3) is 5.69 Å². The number of aryl methyl sites for hydroxylation is 2. The molecule has 0 atom stereocenters. The quantitative estimate of drug-likeness (QED) is 0.849. The molecule has 0 aliphatic carbocycles. The van der Waals surface area contributed by atoms with Crippen molar-refractivity contribution in [3.63, 3.8) is 0 Å². The molecule has 1 saturated heterocycles. The van der Waals surface area contributed by atoms with Crippen LogP contribution >= 0.6 is 0 Å². The number of nitrogens with one attached hydrogen (secondary N) is 1. The summed E-state index contributed by atoms with van der Waals surface area (Å²) in [6, 6.07) is 9.34. The van der Waals surface area contributed by atoms with Gasteiger partial charge in [-0.3, -0.25) is 9.59 Å². The lowest BCUT2D eigenvalue weighted by molar-refractivity contribution is -0.144. The Hall–Kier alpha value is -2.67. The van der Waals surface area contributed by atoms with Crippen LogP contribution in [0.4, 0.5) is 5.69 Å². The molecule has 7 heteroatoms. The summed E-state index contributed by atoms with van der Waals surface area (Å²) in [5.41, 5.74) is 3.37. The lowest BCUT2D eigenvalue weighted by Crippen LogP contribution is -2.51. The summed E-state index contributed by atoms with van der Waals surface area (Å²) in [5, 5.41) is 7.16. The standard InChI is InChI=1S/C19H25N5O2/c1-4-22-8-10-23(11-9-22)19(26)18(25)20-16-6-5-7-17(13-16)24-15(3)12-14(2)21-24/h5-7,12-13H,4,8-11H2,1-3H3,(H,20,25). The molecule has 2 aromatic rings. The van der Waals surface area contributed by atoms with Crippen LogP contribution in [0.5, 0.6) is 0 Å². The Balaban J connectivity index is 1.67. The van der Waals surface area contributed by atoms with Crippen molar-refractivity contribution in [2.45, 2.75) is 20.8 Å². The highest BCUT2D eigenvalue weighted by Crippen LogP contribution is 2.17. The number of rotatable bonds is 3. The molecule has 1 aliphatic rings. The molecule has 0 saturated carbocycles. The summed E-state index contributed by atoms with van der Waals surface area (Å²) in [6.45, 7) is 9.77. The average Bonchev–Trinajstić information content (AvgIpc) is 2.99. The van der Waals surface area contributed by atoms with Gasteiger partial charge in [-0.05, 0) is 44.7 Å². The number of carbonyl (C=O) groups is 2. The van der Waals surface area contributed by atoms with Crippen LogP contribution in [0, 0.1) is 13.8 Å². The third-order valence-electron chi connectivity index (χ3n) is 4.66. The zero-order chi connectivity index (χ0) is 18.7. The average molecular weight is 355 g/mol. The zero-order valence-electron chi connectivity index (χ0n) is 15.5. The molecule has 1 aromatic carbocycles. The Bertz CT molecular complexity index is 806. The monoisotopic (exact) mass is 355 g/mol. The molecular weight excluding hydrogens is 330 g/mol. The molecule has 138 valence electrons. The van der Waals surface area contributed by atoms with E-state index >= 15 is 0 Å². The molecule has 7 nitrogen and oxygen atoms in total. The van der Waals surface area contributed by atoms with E-state index in [9.17, 15) is 9.59 Å². The van der Waals surface area contributed by atoms with Gasteiger partial charge >= 0.3 is 11.8 Å². The molecule has 2 heterocycles. The number of benzene rings is 1. The molecule has 0 bridgehead atoms. The van der Waals surface area contributed by atoms with Gasteiger partial charge < -0.3 is 15.1 Å². The minimum Gasteiger partial charge on any atom is -0.332 e. The van der Waals surface area contributed by atoms with Gasteiger partial charge in [0.25, 0.3) is 0 Å². The minimum atomic E-state index is -0.597. The second kappa shape index (κ2) is 7.70. The smallest absolute Gasteiger partial charge is 0.313 e. The van der Waals surface area contributed by atoms with Crippen molar-refractivity contribution >= 4 is 17.5 Å². The van der Waals surface area contributed by atoms with Crippen LogP contribution in [0.1, 0.15) is 18.3 Å².